The van der Waals surface area contributed by atoms with Crippen LogP contribution in [-0.2, 0) is 4.79 Å². The van der Waals surface area contributed by atoms with E-state index in [9.17, 15) is 9.90 Å². The van der Waals surface area contributed by atoms with Gasteiger partial charge in [0.05, 0.1) is 6.10 Å². The molecule has 0 spiro atoms. The molecule has 0 bridgehead atoms. The van der Waals surface area contributed by atoms with Crippen molar-refractivity contribution in [2.75, 3.05) is 0 Å². The number of carbonyl (C=O) groups excluding carboxylic acids is 1. The summed E-state index contributed by atoms with van der Waals surface area (Å²) in [5.74, 6) is 1.14. The van der Waals surface area contributed by atoms with E-state index in [-0.39, 0.29) is 10.8 Å². The van der Waals surface area contributed by atoms with Gasteiger partial charge in [0.15, 0.2) is 0 Å². The van der Waals surface area contributed by atoms with Crippen LogP contribution in [0, 0.1) is 28.1 Å². The van der Waals surface area contributed by atoms with Gasteiger partial charge >= 0.3 is 0 Å². The molecule has 0 aromatic rings. The van der Waals surface area contributed by atoms with Gasteiger partial charge in [0.2, 0.25) is 0 Å². The van der Waals surface area contributed by atoms with Crippen LogP contribution in [0.5, 0.6) is 0 Å². The second-order valence-electron chi connectivity index (χ2n) is 9.38. The van der Waals surface area contributed by atoms with Crippen molar-refractivity contribution >= 4 is 6.29 Å². The van der Waals surface area contributed by atoms with E-state index in [1.807, 2.05) is 6.92 Å². The number of fused-ring (bicyclic) bond motifs is 3. The number of rotatable bonds is 1. The van der Waals surface area contributed by atoms with Crippen LogP contribution in [0.3, 0.4) is 0 Å². The van der Waals surface area contributed by atoms with Crippen molar-refractivity contribution in [3.8, 4) is 0 Å². The molecule has 0 aromatic heterocycles. The topological polar surface area (TPSA) is 37.3 Å². The lowest BCUT2D eigenvalue weighted by Gasteiger charge is -2.64. The molecule has 0 aromatic carbocycles. The molecule has 2 heteroatoms. The summed E-state index contributed by atoms with van der Waals surface area (Å²) in [6.45, 7) is 11.6. The SMILES string of the molecule is CC1=C(C=O)[C@]2(C)CCC3C(C)(C)CCC[C@]3(C)[C@H]2C[C@@H]1O. The molecule has 0 radical (unpaired) electrons. The minimum absolute atomic E-state index is 0.0380. The summed E-state index contributed by atoms with van der Waals surface area (Å²) in [5, 5.41) is 10.6. The normalized spacial score (nSPS) is 47.6. The van der Waals surface area contributed by atoms with Crippen molar-refractivity contribution in [1.29, 1.82) is 0 Å². The van der Waals surface area contributed by atoms with E-state index in [2.05, 4.69) is 27.7 Å². The van der Waals surface area contributed by atoms with Crippen molar-refractivity contribution in [2.24, 2.45) is 28.1 Å². The largest absolute Gasteiger partial charge is 0.389 e. The lowest BCUT2D eigenvalue weighted by Crippen LogP contribution is -2.57. The highest BCUT2D eigenvalue weighted by atomic mass is 16.3. The third-order valence-electron chi connectivity index (χ3n) is 7.91. The quantitative estimate of drug-likeness (QED) is 0.723. The molecule has 2 saturated carbocycles. The zero-order chi connectivity index (χ0) is 16.3. The highest BCUT2D eigenvalue weighted by Crippen LogP contribution is 2.67. The van der Waals surface area contributed by atoms with Crippen LogP contribution in [0.15, 0.2) is 11.1 Å². The first-order valence-electron chi connectivity index (χ1n) is 9.01. The third kappa shape index (κ3) is 1.99. The molecule has 22 heavy (non-hydrogen) atoms. The van der Waals surface area contributed by atoms with Gasteiger partial charge in [-0.25, -0.2) is 0 Å². The van der Waals surface area contributed by atoms with E-state index >= 15 is 0 Å². The molecule has 124 valence electrons. The highest BCUT2D eigenvalue weighted by molar-refractivity contribution is 5.77. The predicted octanol–water partition coefficient (Wildman–Crippen LogP) is 4.52. The van der Waals surface area contributed by atoms with E-state index in [0.717, 1.165) is 30.3 Å². The number of hydrogen-bond acceptors (Lipinski definition) is 2. The van der Waals surface area contributed by atoms with Crippen LogP contribution in [0.4, 0.5) is 0 Å². The lowest BCUT2D eigenvalue weighted by molar-refractivity contribution is -0.137. The average molecular weight is 304 g/mol. The van der Waals surface area contributed by atoms with Crippen molar-refractivity contribution in [3.63, 3.8) is 0 Å². The molecule has 2 fully saturated rings. The maximum absolute atomic E-state index is 11.8. The standard InChI is InChI=1S/C20H32O2/c1-13-14(12-21)19(4)10-7-16-18(2,3)8-6-9-20(16,5)17(19)11-15(13)22/h12,15-17,22H,6-11H2,1-5H3/t15-,16?,17-,19-,20-/m0/s1. The van der Waals surface area contributed by atoms with Crippen LogP contribution in [0.1, 0.15) is 73.1 Å². The first-order valence-corrected chi connectivity index (χ1v) is 9.01. The predicted molar refractivity (Wildman–Crippen MR) is 89.4 cm³/mol. The Labute approximate surface area is 135 Å². The van der Waals surface area contributed by atoms with E-state index in [0.29, 0.717) is 17.3 Å². The monoisotopic (exact) mass is 304 g/mol. The zero-order valence-corrected chi connectivity index (χ0v) is 14.9. The Morgan fingerprint density at radius 1 is 1.09 bits per heavy atom. The molecule has 3 aliphatic rings. The molecule has 0 aliphatic heterocycles. The molecule has 0 saturated heterocycles. The molecule has 2 nitrogen and oxygen atoms in total. The second kappa shape index (κ2) is 4.93. The van der Waals surface area contributed by atoms with Gasteiger partial charge in [-0.1, -0.05) is 34.1 Å². The minimum atomic E-state index is -0.432. The van der Waals surface area contributed by atoms with Gasteiger partial charge in [0.1, 0.15) is 6.29 Å². The molecule has 3 aliphatic carbocycles. The van der Waals surface area contributed by atoms with Gasteiger partial charge in [-0.2, -0.15) is 0 Å². The summed E-state index contributed by atoms with van der Waals surface area (Å²) < 4.78 is 0. The fourth-order valence-electron chi connectivity index (χ4n) is 6.76. The Morgan fingerprint density at radius 3 is 2.41 bits per heavy atom. The second-order valence-corrected chi connectivity index (χ2v) is 9.38. The van der Waals surface area contributed by atoms with Crippen LogP contribution in [0.2, 0.25) is 0 Å². The Bertz CT molecular complexity index is 518. The smallest absolute Gasteiger partial charge is 0.146 e. The molecule has 1 N–H and O–H groups in total. The summed E-state index contributed by atoms with van der Waals surface area (Å²) in [4.78, 5) is 11.8. The lowest BCUT2D eigenvalue weighted by atomic mass is 9.40. The molecular formula is C20H32O2. The molecule has 0 amide bonds. The number of aliphatic hydroxyl groups is 1. The van der Waals surface area contributed by atoms with E-state index < -0.39 is 6.10 Å². The van der Waals surface area contributed by atoms with Crippen LogP contribution in [0.25, 0.3) is 0 Å². The summed E-state index contributed by atoms with van der Waals surface area (Å²) >= 11 is 0. The summed E-state index contributed by atoms with van der Waals surface area (Å²) in [6.07, 6.45) is 7.61. The number of carbonyl (C=O) groups is 1. The molecule has 3 rings (SSSR count). The van der Waals surface area contributed by atoms with Gasteiger partial charge in [-0.15, -0.1) is 0 Å². The summed E-state index contributed by atoms with van der Waals surface area (Å²) in [7, 11) is 0. The van der Waals surface area contributed by atoms with Crippen molar-refractivity contribution in [3.05, 3.63) is 11.1 Å². The van der Waals surface area contributed by atoms with Gasteiger partial charge in [-0.05, 0) is 78.3 Å². The number of aliphatic hydroxyl groups excluding tert-OH is 1. The Morgan fingerprint density at radius 2 is 1.77 bits per heavy atom. The Hall–Kier alpha value is -0.630. The Balaban J connectivity index is 2.10. The molecule has 5 atom stereocenters. The maximum atomic E-state index is 11.8. The number of allylic oxidation sites excluding steroid dienone is 1. The highest BCUT2D eigenvalue weighted by Gasteiger charge is 2.60. The number of hydrogen-bond donors (Lipinski definition) is 1. The fraction of sp³-hybridized carbons (Fsp3) is 0.850. The van der Waals surface area contributed by atoms with Crippen LogP contribution in [-0.4, -0.2) is 17.5 Å². The molecular weight excluding hydrogens is 272 g/mol. The zero-order valence-electron chi connectivity index (χ0n) is 14.9. The Kier molecular flexibility index (Phi) is 3.64. The van der Waals surface area contributed by atoms with Gasteiger partial charge < -0.3 is 5.11 Å². The van der Waals surface area contributed by atoms with E-state index in [1.54, 1.807) is 0 Å². The van der Waals surface area contributed by atoms with E-state index in [1.165, 1.54) is 25.7 Å². The first-order chi connectivity index (χ1) is 10.2. The summed E-state index contributed by atoms with van der Waals surface area (Å²) in [6, 6.07) is 0. The molecule has 1 unspecified atom stereocenters. The third-order valence-corrected chi connectivity index (χ3v) is 7.91. The summed E-state index contributed by atoms with van der Waals surface area (Å²) in [5.41, 5.74) is 2.43. The van der Waals surface area contributed by atoms with Crippen molar-refractivity contribution < 1.29 is 9.90 Å². The fourth-order valence-corrected chi connectivity index (χ4v) is 6.76. The van der Waals surface area contributed by atoms with Crippen LogP contribution < -0.4 is 0 Å². The van der Waals surface area contributed by atoms with Crippen molar-refractivity contribution in [1.82, 2.24) is 0 Å². The average Bonchev–Trinajstić information content (AvgIpc) is 2.41. The first kappa shape index (κ1) is 16.2. The van der Waals surface area contributed by atoms with Crippen LogP contribution >= 0.6 is 0 Å². The maximum Gasteiger partial charge on any atom is 0.146 e. The van der Waals surface area contributed by atoms with Gasteiger partial charge in [0.25, 0.3) is 0 Å². The van der Waals surface area contributed by atoms with Gasteiger partial charge in [0, 0.05) is 0 Å². The number of aldehydes is 1. The minimum Gasteiger partial charge on any atom is -0.389 e. The van der Waals surface area contributed by atoms with Gasteiger partial charge in [-0.3, -0.25) is 4.79 Å². The molecule has 0 heterocycles. The van der Waals surface area contributed by atoms with Crippen molar-refractivity contribution in [2.45, 2.75) is 79.2 Å². The van der Waals surface area contributed by atoms with E-state index in [4.69, 9.17) is 0 Å².